The van der Waals surface area contributed by atoms with Gasteiger partial charge in [0.1, 0.15) is 0 Å². The van der Waals surface area contributed by atoms with Crippen molar-refractivity contribution >= 4 is 27.8 Å². The summed E-state index contributed by atoms with van der Waals surface area (Å²) < 4.78 is 30.7. The van der Waals surface area contributed by atoms with Crippen LogP contribution in [0.1, 0.15) is 12.0 Å². The van der Waals surface area contributed by atoms with Crippen molar-refractivity contribution in [3.8, 4) is 0 Å². The second-order valence-corrected chi connectivity index (χ2v) is 5.90. The van der Waals surface area contributed by atoms with E-state index < -0.39 is 16.0 Å². The molecule has 0 heterocycles. The number of hydrogen-bond donors (Lipinski definition) is 2. The van der Waals surface area contributed by atoms with E-state index in [0.29, 0.717) is 24.3 Å². The first kappa shape index (κ1) is 16.2. The summed E-state index contributed by atoms with van der Waals surface area (Å²) >= 11 is 0. The van der Waals surface area contributed by atoms with Gasteiger partial charge in [-0.15, -0.1) is 0 Å². The van der Waals surface area contributed by atoms with Crippen LogP contribution in [0.5, 0.6) is 0 Å². The van der Waals surface area contributed by atoms with Gasteiger partial charge >= 0.3 is 5.97 Å². The van der Waals surface area contributed by atoms with Crippen LogP contribution in [0.2, 0.25) is 0 Å². The minimum atomic E-state index is -3.39. The molecule has 1 aromatic carbocycles. The Bertz CT molecular complexity index is 563. The maximum atomic E-state index is 11.7. The Morgan fingerprint density at radius 1 is 1.35 bits per heavy atom. The number of aliphatic carboxylic acids is 1. The van der Waals surface area contributed by atoms with Crippen molar-refractivity contribution < 1.29 is 23.1 Å². The summed E-state index contributed by atoms with van der Waals surface area (Å²) in [6.07, 6.45) is 2.87. The van der Waals surface area contributed by atoms with Gasteiger partial charge in [-0.1, -0.05) is 12.1 Å². The number of rotatable bonds is 8. The van der Waals surface area contributed by atoms with Gasteiger partial charge in [0, 0.05) is 25.5 Å². The van der Waals surface area contributed by atoms with Gasteiger partial charge in [-0.05, 0) is 30.2 Å². The van der Waals surface area contributed by atoms with Crippen molar-refractivity contribution in [1.82, 2.24) is 0 Å². The molecule has 0 atom stereocenters. The molecule has 0 saturated heterocycles. The van der Waals surface area contributed by atoms with Gasteiger partial charge in [0.05, 0.1) is 5.75 Å². The Hall–Kier alpha value is -1.86. The number of carboxylic acids is 1. The number of hydrogen-bond acceptors (Lipinski definition) is 4. The first-order chi connectivity index (χ1) is 9.43. The van der Waals surface area contributed by atoms with E-state index in [9.17, 15) is 13.2 Å². The van der Waals surface area contributed by atoms with Crippen molar-refractivity contribution in [2.24, 2.45) is 0 Å². The first-order valence-electron chi connectivity index (χ1n) is 5.93. The molecule has 0 fully saturated rings. The lowest BCUT2D eigenvalue weighted by atomic mass is 10.2. The molecule has 0 saturated carbocycles. The van der Waals surface area contributed by atoms with E-state index in [1.165, 1.54) is 13.2 Å². The van der Waals surface area contributed by atoms with E-state index in [2.05, 4.69) is 4.72 Å². The van der Waals surface area contributed by atoms with Crippen molar-refractivity contribution in [2.45, 2.75) is 6.42 Å². The number of benzene rings is 1. The summed E-state index contributed by atoms with van der Waals surface area (Å²) in [6.45, 7) is 0.389. The third-order valence-electron chi connectivity index (χ3n) is 2.36. The van der Waals surface area contributed by atoms with Gasteiger partial charge in [-0.2, -0.15) is 0 Å². The molecule has 1 rings (SSSR count). The maximum absolute atomic E-state index is 11.7. The molecule has 7 heteroatoms. The fourth-order valence-electron chi connectivity index (χ4n) is 1.45. The average molecular weight is 299 g/mol. The second-order valence-electron chi connectivity index (χ2n) is 4.06. The molecular weight excluding hydrogens is 282 g/mol. The normalized spacial score (nSPS) is 11.7. The van der Waals surface area contributed by atoms with E-state index in [4.69, 9.17) is 9.84 Å². The highest BCUT2D eigenvalue weighted by molar-refractivity contribution is 7.92. The van der Waals surface area contributed by atoms with E-state index >= 15 is 0 Å². The fourth-order valence-corrected chi connectivity index (χ4v) is 2.55. The lowest BCUT2D eigenvalue weighted by Gasteiger charge is -2.07. The highest BCUT2D eigenvalue weighted by Gasteiger charge is 2.09. The summed E-state index contributed by atoms with van der Waals surface area (Å²) in [4.78, 5) is 10.4. The molecular formula is C13H17NO5S. The lowest BCUT2D eigenvalue weighted by Crippen LogP contribution is -2.17. The van der Waals surface area contributed by atoms with Gasteiger partial charge in [0.25, 0.3) is 0 Å². The van der Waals surface area contributed by atoms with E-state index in [1.54, 1.807) is 24.3 Å². The Kier molecular flexibility index (Phi) is 6.20. The minimum absolute atomic E-state index is 0.0124. The molecule has 0 aromatic heterocycles. The lowest BCUT2D eigenvalue weighted by molar-refractivity contribution is -0.131. The monoisotopic (exact) mass is 299 g/mol. The number of carboxylic acid groups (broad SMARTS) is 1. The van der Waals surface area contributed by atoms with Crippen LogP contribution < -0.4 is 4.72 Å². The molecule has 0 aliphatic carbocycles. The largest absolute Gasteiger partial charge is 0.478 e. The van der Waals surface area contributed by atoms with Gasteiger partial charge < -0.3 is 9.84 Å². The van der Waals surface area contributed by atoms with Crippen LogP contribution in [0, 0.1) is 0 Å². The van der Waals surface area contributed by atoms with Crippen molar-refractivity contribution in [3.05, 3.63) is 35.9 Å². The number of carbonyl (C=O) groups is 1. The summed E-state index contributed by atoms with van der Waals surface area (Å²) in [5.74, 6) is -1.05. The topological polar surface area (TPSA) is 92.7 Å². The number of anilines is 1. The average Bonchev–Trinajstić information content (AvgIpc) is 2.37. The van der Waals surface area contributed by atoms with Crippen LogP contribution in [-0.2, 0) is 19.6 Å². The zero-order valence-electron chi connectivity index (χ0n) is 11.1. The third-order valence-corrected chi connectivity index (χ3v) is 3.74. The summed E-state index contributed by atoms with van der Waals surface area (Å²) in [6, 6.07) is 6.42. The van der Waals surface area contributed by atoms with Crippen LogP contribution >= 0.6 is 0 Å². The highest BCUT2D eigenvalue weighted by Crippen LogP contribution is 2.13. The molecule has 0 aliphatic rings. The molecule has 0 radical (unpaired) electrons. The summed E-state index contributed by atoms with van der Waals surface area (Å²) in [7, 11) is -1.87. The molecule has 110 valence electrons. The van der Waals surface area contributed by atoms with Crippen LogP contribution in [0.15, 0.2) is 30.3 Å². The smallest absolute Gasteiger partial charge is 0.328 e. The van der Waals surface area contributed by atoms with Crippen LogP contribution in [-0.4, -0.2) is 39.0 Å². The maximum Gasteiger partial charge on any atom is 0.328 e. The number of methoxy groups -OCH3 is 1. The molecule has 6 nitrogen and oxygen atoms in total. The van der Waals surface area contributed by atoms with Crippen molar-refractivity contribution in [2.75, 3.05) is 24.2 Å². The Morgan fingerprint density at radius 2 is 2.00 bits per heavy atom. The second kappa shape index (κ2) is 7.66. The Balaban J connectivity index is 2.63. The number of sulfonamides is 1. The molecule has 0 aliphatic heterocycles. The quantitative estimate of drug-likeness (QED) is 0.561. The Morgan fingerprint density at radius 3 is 2.55 bits per heavy atom. The zero-order valence-corrected chi connectivity index (χ0v) is 11.9. The third kappa shape index (κ3) is 6.35. The minimum Gasteiger partial charge on any atom is -0.478 e. The predicted molar refractivity (Wildman–Crippen MR) is 77.0 cm³/mol. The molecule has 2 N–H and O–H groups in total. The fraction of sp³-hybridized carbons (Fsp3) is 0.308. The van der Waals surface area contributed by atoms with Crippen molar-refractivity contribution in [3.63, 3.8) is 0 Å². The van der Waals surface area contributed by atoms with Crippen LogP contribution in [0.3, 0.4) is 0 Å². The van der Waals surface area contributed by atoms with Gasteiger partial charge in [0.2, 0.25) is 10.0 Å². The Labute approximate surface area is 118 Å². The van der Waals surface area contributed by atoms with Gasteiger partial charge in [-0.25, -0.2) is 13.2 Å². The summed E-state index contributed by atoms with van der Waals surface area (Å²) in [5.41, 5.74) is 1.12. The van der Waals surface area contributed by atoms with Crippen LogP contribution in [0.4, 0.5) is 5.69 Å². The van der Waals surface area contributed by atoms with E-state index in [-0.39, 0.29) is 5.75 Å². The standard InChI is InChI=1S/C13H17NO5S/c1-19-9-2-10-20(17,18)14-12-6-3-11(4-7-12)5-8-13(15)16/h3-8,14H,2,9-10H2,1H3,(H,15,16). The molecule has 0 amide bonds. The number of nitrogens with one attached hydrogen (secondary N) is 1. The van der Waals surface area contributed by atoms with Gasteiger partial charge in [-0.3, -0.25) is 4.72 Å². The molecule has 1 aromatic rings. The first-order valence-corrected chi connectivity index (χ1v) is 7.59. The SMILES string of the molecule is COCCCS(=O)(=O)Nc1ccc(C=CC(=O)O)cc1. The summed E-state index contributed by atoms with van der Waals surface area (Å²) in [5, 5.41) is 8.50. The van der Waals surface area contributed by atoms with E-state index in [1.807, 2.05) is 0 Å². The van der Waals surface area contributed by atoms with E-state index in [0.717, 1.165) is 6.08 Å². The van der Waals surface area contributed by atoms with Crippen LogP contribution in [0.25, 0.3) is 6.08 Å². The molecule has 0 bridgehead atoms. The van der Waals surface area contributed by atoms with Gasteiger partial charge in [0.15, 0.2) is 0 Å². The predicted octanol–water partition coefficient (Wildman–Crippen LogP) is 1.56. The molecule has 0 unspecified atom stereocenters. The zero-order chi connectivity index (χ0) is 15.0. The molecule has 0 spiro atoms. The highest BCUT2D eigenvalue weighted by atomic mass is 32.2. The number of ether oxygens (including phenoxy) is 1. The molecule has 20 heavy (non-hydrogen) atoms. The van der Waals surface area contributed by atoms with Crippen molar-refractivity contribution in [1.29, 1.82) is 0 Å².